The van der Waals surface area contributed by atoms with Crippen molar-refractivity contribution in [2.24, 2.45) is 0 Å². The summed E-state index contributed by atoms with van der Waals surface area (Å²) in [7, 11) is -2.96. The summed E-state index contributed by atoms with van der Waals surface area (Å²) in [6, 6.07) is 7.42. The van der Waals surface area contributed by atoms with Gasteiger partial charge in [-0.15, -0.1) is 0 Å². The Hall–Kier alpha value is -1.41. The van der Waals surface area contributed by atoms with Crippen LogP contribution in [0, 0.1) is 0 Å². The highest BCUT2D eigenvalue weighted by Gasteiger charge is 2.34. The zero-order valence-electron chi connectivity index (χ0n) is 15.0. The van der Waals surface area contributed by atoms with E-state index in [1.807, 2.05) is 24.3 Å². The van der Waals surface area contributed by atoms with Crippen LogP contribution in [0.4, 0.5) is 0 Å². The third kappa shape index (κ3) is 4.71. The zero-order chi connectivity index (χ0) is 18.9. The van der Waals surface area contributed by atoms with Gasteiger partial charge in [-0.1, -0.05) is 23.7 Å². The predicted octanol–water partition coefficient (Wildman–Crippen LogP) is 3.16. The molecule has 2 saturated heterocycles. The van der Waals surface area contributed by atoms with E-state index in [1.54, 1.807) is 6.20 Å². The maximum absolute atomic E-state index is 11.9. The third-order valence-electron chi connectivity index (χ3n) is 5.19. The molecule has 0 bridgehead atoms. The number of hydrogen-bond donors (Lipinski definition) is 0. The van der Waals surface area contributed by atoms with Crippen LogP contribution in [0.2, 0.25) is 5.02 Å². The topological polar surface area (TPSA) is 72.6 Å². The first-order valence-electron chi connectivity index (χ1n) is 9.25. The summed E-state index contributed by atoms with van der Waals surface area (Å²) < 4.78 is 35.6. The molecule has 1 aromatic heterocycles. The van der Waals surface area contributed by atoms with Crippen molar-refractivity contribution in [3.63, 3.8) is 0 Å². The Balaban J connectivity index is 1.50. The van der Waals surface area contributed by atoms with E-state index in [2.05, 4.69) is 9.88 Å². The van der Waals surface area contributed by atoms with E-state index in [1.165, 1.54) is 0 Å². The van der Waals surface area contributed by atoms with Gasteiger partial charge in [0.15, 0.2) is 15.6 Å². The van der Waals surface area contributed by atoms with Crippen LogP contribution >= 0.6 is 11.6 Å². The van der Waals surface area contributed by atoms with Crippen molar-refractivity contribution < 1.29 is 17.6 Å². The minimum absolute atomic E-state index is 0.0132. The van der Waals surface area contributed by atoms with Crippen LogP contribution in [0.15, 0.2) is 34.9 Å². The minimum atomic E-state index is -2.96. The second kappa shape index (κ2) is 7.91. The van der Waals surface area contributed by atoms with E-state index >= 15 is 0 Å². The van der Waals surface area contributed by atoms with Crippen LogP contribution in [0.5, 0.6) is 0 Å². The van der Waals surface area contributed by atoms with Gasteiger partial charge in [0.2, 0.25) is 5.89 Å². The maximum Gasteiger partial charge on any atom is 0.209 e. The van der Waals surface area contributed by atoms with Gasteiger partial charge in [0.1, 0.15) is 0 Å². The molecule has 2 aromatic rings. The van der Waals surface area contributed by atoms with Gasteiger partial charge in [0, 0.05) is 29.8 Å². The molecule has 0 saturated carbocycles. The van der Waals surface area contributed by atoms with Crippen LogP contribution in [-0.4, -0.2) is 55.1 Å². The van der Waals surface area contributed by atoms with Gasteiger partial charge < -0.3 is 9.15 Å². The van der Waals surface area contributed by atoms with Crippen LogP contribution in [0.3, 0.4) is 0 Å². The fourth-order valence-electron chi connectivity index (χ4n) is 3.79. The average Bonchev–Trinajstić information content (AvgIpc) is 3.35. The van der Waals surface area contributed by atoms with E-state index in [0.717, 1.165) is 25.0 Å². The van der Waals surface area contributed by atoms with Gasteiger partial charge in [-0.05, 0) is 31.4 Å². The number of sulfone groups is 1. The van der Waals surface area contributed by atoms with Gasteiger partial charge in [-0.2, -0.15) is 0 Å². The van der Waals surface area contributed by atoms with Crippen molar-refractivity contribution in [2.75, 3.05) is 24.7 Å². The number of ether oxygens (including phenoxy) is 1. The van der Waals surface area contributed by atoms with Crippen LogP contribution < -0.4 is 0 Å². The lowest BCUT2D eigenvalue weighted by atomic mass is 10.1. The molecular formula is C19H23ClN2O4S. The van der Waals surface area contributed by atoms with Gasteiger partial charge in [0.05, 0.1) is 30.4 Å². The van der Waals surface area contributed by atoms with Gasteiger partial charge >= 0.3 is 0 Å². The first kappa shape index (κ1) is 18.9. The van der Waals surface area contributed by atoms with E-state index in [0.29, 0.717) is 36.2 Å². The molecule has 2 unspecified atom stereocenters. The van der Waals surface area contributed by atoms with Crippen LogP contribution in [0.25, 0.3) is 11.3 Å². The van der Waals surface area contributed by atoms with Crippen LogP contribution in [-0.2, 0) is 21.1 Å². The molecule has 1 aromatic carbocycles. The number of nitrogens with zero attached hydrogens (tertiary/aromatic N) is 2. The first-order chi connectivity index (χ1) is 13.0. The predicted molar refractivity (Wildman–Crippen MR) is 103 cm³/mol. The molecule has 0 radical (unpaired) electrons. The molecular weight excluding hydrogens is 388 g/mol. The Kier molecular flexibility index (Phi) is 5.55. The van der Waals surface area contributed by atoms with Crippen molar-refractivity contribution in [1.82, 2.24) is 9.88 Å². The molecule has 146 valence electrons. The molecule has 2 atom stereocenters. The van der Waals surface area contributed by atoms with Gasteiger partial charge in [-0.3, -0.25) is 4.90 Å². The van der Waals surface area contributed by atoms with E-state index in [9.17, 15) is 8.42 Å². The lowest BCUT2D eigenvalue weighted by Crippen LogP contribution is -2.40. The molecule has 0 amide bonds. The van der Waals surface area contributed by atoms with Crippen molar-refractivity contribution in [3.05, 3.63) is 41.4 Å². The number of aromatic nitrogens is 1. The molecule has 8 heteroatoms. The number of oxazole rings is 1. The lowest BCUT2D eigenvalue weighted by Gasteiger charge is -2.29. The quantitative estimate of drug-likeness (QED) is 0.728. The molecule has 2 fully saturated rings. The normalized spacial score (nSPS) is 24.7. The number of benzene rings is 1. The second-order valence-electron chi connectivity index (χ2n) is 7.25. The van der Waals surface area contributed by atoms with Crippen LogP contribution in [0.1, 0.15) is 25.2 Å². The Morgan fingerprint density at radius 3 is 2.89 bits per heavy atom. The Morgan fingerprint density at radius 2 is 2.19 bits per heavy atom. The smallest absolute Gasteiger partial charge is 0.209 e. The number of hydrogen-bond acceptors (Lipinski definition) is 6. The summed E-state index contributed by atoms with van der Waals surface area (Å²) >= 11 is 6.05. The molecule has 6 nitrogen and oxygen atoms in total. The highest BCUT2D eigenvalue weighted by molar-refractivity contribution is 7.91. The Labute approximate surface area is 164 Å². The summed E-state index contributed by atoms with van der Waals surface area (Å²) in [6.45, 7) is 1.95. The molecule has 4 rings (SSSR count). The lowest BCUT2D eigenvalue weighted by molar-refractivity contribution is 0.0540. The largest absolute Gasteiger partial charge is 0.439 e. The molecule has 3 heterocycles. The fourth-order valence-corrected chi connectivity index (χ4v) is 5.74. The summed E-state index contributed by atoms with van der Waals surface area (Å²) in [6.07, 6.45) is 4.55. The highest BCUT2D eigenvalue weighted by Crippen LogP contribution is 2.26. The number of rotatable bonds is 6. The molecule has 2 aliphatic rings. The third-order valence-corrected chi connectivity index (χ3v) is 7.17. The Bertz CT molecular complexity index is 893. The van der Waals surface area contributed by atoms with Crippen molar-refractivity contribution in [3.8, 4) is 11.3 Å². The summed E-state index contributed by atoms with van der Waals surface area (Å²) in [5, 5.41) is 0.640. The molecule has 0 N–H and O–H groups in total. The number of halogens is 1. The highest BCUT2D eigenvalue weighted by atomic mass is 35.5. The summed E-state index contributed by atoms with van der Waals surface area (Å²) in [5.74, 6) is 1.68. The van der Waals surface area contributed by atoms with Gasteiger partial charge in [0.25, 0.3) is 0 Å². The molecule has 27 heavy (non-hydrogen) atoms. The fraction of sp³-hybridized carbons (Fsp3) is 0.526. The minimum Gasteiger partial charge on any atom is -0.439 e. The monoisotopic (exact) mass is 410 g/mol. The summed E-state index contributed by atoms with van der Waals surface area (Å²) in [4.78, 5) is 6.56. The molecule has 0 aliphatic carbocycles. The van der Waals surface area contributed by atoms with Crippen molar-refractivity contribution >= 4 is 21.4 Å². The van der Waals surface area contributed by atoms with E-state index < -0.39 is 9.84 Å². The average molecular weight is 411 g/mol. The van der Waals surface area contributed by atoms with E-state index in [4.69, 9.17) is 20.8 Å². The summed E-state index contributed by atoms with van der Waals surface area (Å²) in [5.41, 5.74) is 0.871. The second-order valence-corrected chi connectivity index (χ2v) is 9.92. The Morgan fingerprint density at radius 1 is 1.30 bits per heavy atom. The maximum atomic E-state index is 11.9. The zero-order valence-corrected chi connectivity index (χ0v) is 16.6. The van der Waals surface area contributed by atoms with Gasteiger partial charge in [-0.25, -0.2) is 13.4 Å². The van der Waals surface area contributed by atoms with Crippen molar-refractivity contribution in [2.45, 2.75) is 38.0 Å². The van der Waals surface area contributed by atoms with E-state index in [-0.39, 0.29) is 23.7 Å². The standard InChI is InChI=1S/C19H23ClN2O4S/c20-15-4-1-3-14(9-15)18-10-21-19(26-18)12-22(11-17-5-2-7-25-17)16-6-8-27(23,24)13-16/h1,3-4,9-10,16-17H,2,5-8,11-13H2. The first-order valence-corrected chi connectivity index (χ1v) is 11.5. The van der Waals surface area contributed by atoms with Crippen molar-refractivity contribution in [1.29, 1.82) is 0 Å². The molecule has 0 spiro atoms. The molecule has 2 aliphatic heterocycles. The SMILES string of the molecule is O=S1(=O)CCC(N(Cc2ncc(-c3cccc(Cl)c3)o2)CC2CCCO2)C1.